The Morgan fingerprint density at radius 2 is 1.62 bits per heavy atom. The van der Waals surface area contributed by atoms with Gasteiger partial charge in [0.25, 0.3) is 0 Å². The zero-order valence-corrected chi connectivity index (χ0v) is 13.5. The lowest BCUT2D eigenvalue weighted by Gasteiger charge is -2.23. The number of hydrogen-bond donors (Lipinski definition) is 0. The molecule has 2 fully saturated rings. The van der Waals surface area contributed by atoms with Gasteiger partial charge in [-0.1, -0.05) is 56.8 Å². The molecule has 2 nitrogen and oxygen atoms in total. The van der Waals surface area contributed by atoms with Crippen molar-refractivity contribution in [2.75, 3.05) is 6.61 Å². The first-order valence-corrected chi connectivity index (χ1v) is 8.86. The molecule has 2 heteroatoms. The lowest BCUT2D eigenvalue weighted by Crippen LogP contribution is -2.18. The van der Waals surface area contributed by atoms with Gasteiger partial charge >= 0.3 is 5.97 Å². The zero-order valence-electron chi connectivity index (χ0n) is 13.5. The molecule has 0 aliphatic heterocycles. The highest BCUT2D eigenvalue weighted by atomic mass is 16.5. The van der Waals surface area contributed by atoms with Crippen LogP contribution in [-0.2, 0) is 9.53 Å². The van der Waals surface area contributed by atoms with Crippen LogP contribution in [0.4, 0.5) is 0 Å². The van der Waals surface area contributed by atoms with Gasteiger partial charge in [-0.3, -0.25) is 0 Å². The molecule has 0 aromatic heterocycles. The van der Waals surface area contributed by atoms with Crippen LogP contribution in [0.2, 0.25) is 0 Å². The van der Waals surface area contributed by atoms with E-state index in [1.54, 1.807) is 0 Å². The zero-order chi connectivity index (χ0) is 14.9. The van der Waals surface area contributed by atoms with E-state index >= 15 is 0 Å². The summed E-state index contributed by atoms with van der Waals surface area (Å²) >= 11 is 0. The molecule has 0 bridgehead atoms. The Hall–Kier alpha value is -1.05. The van der Waals surface area contributed by atoms with Crippen LogP contribution < -0.4 is 0 Å². The average Bonchev–Trinajstić information content (AvgIpc) is 2.53. The summed E-state index contributed by atoms with van der Waals surface area (Å²) in [6.07, 6.45) is 19.3. The van der Waals surface area contributed by atoms with Crippen LogP contribution in [0.3, 0.4) is 0 Å². The SMILES string of the molecule is CCOC(=O)C(=CC=CC1CCCCC1)C1CCCCC1. The van der Waals surface area contributed by atoms with Crippen molar-refractivity contribution in [3.63, 3.8) is 0 Å². The van der Waals surface area contributed by atoms with Crippen LogP contribution in [0.5, 0.6) is 0 Å². The van der Waals surface area contributed by atoms with E-state index in [0.29, 0.717) is 18.4 Å². The minimum Gasteiger partial charge on any atom is -0.463 e. The van der Waals surface area contributed by atoms with Gasteiger partial charge in [-0.25, -0.2) is 4.79 Å². The normalized spacial score (nSPS) is 22.6. The first kappa shape index (κ1) is 16.3. The Balaban J connectivity index is 2.00. The van der Waals surface area contributed by atoms with Gasteiger partial charge in [0, 0.05) is 5.57 Å². The summed E-state index contributed by atoms with van der Waals surface area (Å²) in [5.41, 5.74) is 0.906. The van der Waals surface area contributed by atoms with Gasteiger partial charge in [0.15, 0.2) is 0 Å². The van der Waals surface area contributed by atoms with E-state index in [1.165, 1.54) is 51.4 Å². The molecule has 0 heterocycles. The molecule has 0 aromatic carbocycles. The van der Waals surface area contributed by atoms with E-state index in [1.807, 2.05) is 13.0 Å². The molecule has 0 N–H and O–H groups in total. The Labute approximate surface area is 129 Å². The minimum atomic E-state index is -0.0994. The van der Waals surface area contributed by atoms with Crippen LogP contribution >= 0.6 is 0 Å². The third kappa shape index (κ3) is 5.33. The molecule has 2 rings (SSSR count). The van der Waals surface area contributed by atoms with Crippen molar-refractivity contribution in [2.24, 2.45) is 11.8 Å². The lowest BCUT2D eigenvalue weighted by molar-refractivity contribution is -0.139. The number of esters is 1. The summed E-state index contributed by atoms with van der Waals surface area (Å²) in [4.78, 5) is 12.2. The molecule has 0 aromatic rings. The minimum absolute atomic E-state index is 0.0994. The van der Waals surface area contributed by atoms with Crippen molar-refractivity contribution in [1.82, 2.24) is 0 Å². The van der Waals surface area contributed by atoms with E-state index in [-0.39, 0.29) is 5.97 Å². The Morgan fingerprint density at radius 1 is 1.00 bits per heavy atom. The van der Waals surface area contributed by atoms with E-state index in [4.69, 9.17) is 4.74 Å². The number of allylic oxidation sites excluding steroid dienone is 3. The number of carbonyl (C=O) groups excluding carboxylic acids is 1. The van der Waals surface area contributed by atoms with Crippen molar-refractivity contribution in [2.45, 2.75) is 71.1 Å². The van der Waals surface area contributed by atoms with Crippen LogP contribution in [0, 0.1) is 11.8 Å². The van der Waals surface area contributed by atoms with Gasteiger partial charge in [0.2, 0.25) is 0 Å². The van der Waals surface area contributed by atoms with Crippen molar-refractivity contribution in [3.05, 3.63) is 23.8 Å². The fourth-order valence-corrected chi connectivity index (χ4v) is 3.64. The Morgan fingerprint density at radius 3 is 2.24 bits per heavy atom. The number of ether oxygens (including phenoxy) is 1. The monoisotopic (exact) mass is 290 g/mol. The van der Waals surface area contributed by atoms with Gasteiger partial charge in [-0.2, -0.15) is 0 Å². The van der Waals surface area contributed by atoms with Crippen molar-refractivity contribution in [1.29, 1.82) is 0 Å². The van der Waals surface area contributed by atoms with Crippen LogP contribution in [0.25, 0.3) is 0 Å². The molecule has 0 unspecified atom stereocenters. The summed E-state index contributed by atoms with van der Waals surface area (Å²) in [5, 5.41) is 0. The third-order valence-corrected chi connectivity index (χ3v) is 4.87. The van der Waals surface area contributed by atoms with Gasteiger partial charge in [0.1, 0.15) is 0 Å². The molecule has 0 amide bonds. The number of carbonyl (C=O) groups is 1. The smallest absolute Gasteiger partial charge is 0.334 e. The second-order valence-electron chi connectivity index (χ2n) is 6.46. The molecule has 0 saturated heterocycles. The summed E-state index contributed by atoms with van der Waals surface area (Å²) < 4.78 is 5.26. The first-order valence-electron chi connectivity index (χ1n) is 8.86. The lowest BCUT2D eigenvalue weighted by atomic mass is 9.83. The average molecular weight is 290 g/mol. The maximum absolute atomic E-state index is 12.2. The van der Waals surface area contributed by atoms with Crippen LogP contribution in [-0.4, -0.2) is 12.6 Å². The van der Waals surface area contributed by atoms with E-state index in [2.05, 4.69) is 12.2 Å². The summed E-state index contributed by atoms with van der Waals surface area (Å²) in [7, 11) is 0. The Bertz CT molecular complexity index is 369. The largest absolute Gasteiger partial charge is 0.463 e. The van der Waals surface area contributed by atoms with Gasteiger partial charge in [-0.15, -0.1) is 0 Å². The first-order chi connectivity index (χ1) is 10.3. The maximum Gasteiger partial charge on any atom is 0.334 e. The topological polar surface area (TPSA) is 26.3 Å². The molecule has 0 spiro atoms. The molecular weight excluding hydrogens is 260 g/mol. The molecule has 0 radical (unpaired) electrons. The van der Waals surface area contributed by atoms with Gasteiger partial charge in [-0.05, 0) is 44.4 Å². The van der Waals surface area contributed by atoms with Crippen molar-refractivity contribution < 1.29 is 9.53 Å². The van der Waals surface area contributed by atoms with Crippen molar-refractivity contribution >= 4 is 5.97 Å². The summed E-state index contributed by atoms with van der Waals surface area (Å²) in [6, 6.07) is 0. The second-order valence-corrected chi connectivity index (χ2v) is 6.46. The standard InChI is InChI=1S/C19H30O2/c1-2-21-19(20)18(17-13-7-4-8-14-17)15-9-12-16-10-5-3-6-11-16/h9,12,15-17H,2-8,10-11,13-14H2,1H3. The number of rotatable bonds is 5. The molecule has 2 saturated carbocycles. The highest BCUT2D eigenvalue weighted by molar-refractivity contribution is 5.89. The number of hydrogen-bond acceptors (Lipinski definition) is 2. The van der Waals surface area contributed by atoms with Crippen LogP contribution in [0.15, 0.2) is 23.8 Å². The van der Waals surface area contributed by atoms with Gasteiger partial charge < -0.3 is 4.74 Å². The maximum atomic E-state index is 12.2. The Kier molecular flexibility index (Phi) is 7.05. The highest BCUT2D eigenvalue weighted by Gasteiger charge is 2.23. The molecular formula is C19H30O2. The van der Waals surface area contributed by atoms with E-state index in [0.717, 1.165) is 18.4 Å². The predicted octanol–water partition coefficient (Wildman–Crippen LogP) is 5.19. The molecule has 2 aliphatic carbocycles. The molecule has 0 atom stereocenters. The van der Waals surface area contributed by atoms with Crippen LogP contribution in [0.1, 0.15) is 71.1 Å². The molecule has 2 aliphatic rings. The second kappa shape index (κ2) is 9.07. The predicted molar refractivity (Wildman–Crippen MR) is 87.0 cm³/mol. The fraction of sp³-hybridized carbons (Fsp3) is 0.737. The third-order valence-electron chi connectivity index (χ3n) is 4.87. The molecule has 21 heavy (non-hydrogen) atoms. The van der Waals surface area contributed by atoms with Crippen molar-refractivity contribution in [3.8, 4) is 0 Å². The highest BCUT2D eigenvalue weighted by Crippen LogP contribution is 2.31. The van der Waals surface area contributed by atoms with E-state index < -0.39 is 0 Å². The summed E-state index contributed by atoms with van der Waals surface area (Å²) in [5.74, 6) is 1.02. The van der Waals surface area contributed by atoms with E-state index in [9.17, 15) is 4.79 Å². The fourth-order valence-electron chi connectivity index (χ4n) is 3.64. The van der Waals surface area contributed by atoms with Gasteiger partial charge in [0.05, 0.1) is 6.61 Å². The summed E-state index contributed by atoms with van der Waals surface area (Å²) in [6.45, 7) is 2.35. The molecule has 118 valence electrons. The quantitative estimate of drug-likeness (QED) is 0.395.